The van der Waals surface area contributed by atoms with Crippen LogP contribution in [0.5, 0.6) is 0 Å². The number of carbonyl (C=O) groups excluding carboxylic acids is 1. The first-order valence-electron chi connectivity index (χ1n) is 7.98. The molecule has 1 amide bonds. The van der Waals surface area contributed by atoms with E-state index < -0.39 is 0 Å². The Bertz CT molecular complexity index is 1000. The Labute approximate surface area is 158 Å². The fourth-order valence-electron chi connectivity index (χ4n) is 2.52. The van der Waals surface area contributed by atoms with Crippen molar-refractivity contribution in [1.29, 1.82) is 0 Å². The van der Waals surface area contributed by atoms with Crippen LogP contribution in [0.15, 0.2) is 47.6 Å². The molecule has 0 fully saturated rings. The minimum absolute atomic E-state index is 0.0932. The number of nitro groups is 1. The number of nitrogens with one attached hydrogen (secondary N) is 1. The zero-order valence-corrected chi connectivity index (χ0v) is 15.4. The van der Waals surface area contributed by atoms with Gasteiger partial charge in [0.25, 0.3) is 5.69 Å². The Morgan fingerprint density at radius 2 is 2.07 bits per heavy atom. The van der Waals surface area contributed by atoms with Gasteiger partial charge in [-0.1, -0.05) is 30.0 Å². The Balaban J connectivity index is 1.82. The van der Waals surface area contributed by atoms with Crippen molar-refractivity contribution in [2.75, 3.05) is 5.32 Å². The number of aromatic nitrogens is 4. The largest absolute Gasteiger partial charge is 0.326 e. The maximum absolute atomic E-state index is 11.2. The number of hydrogen-bond donors (Lipinski definition) is 1. The van der Waals surface area contributed by atoms with Crippen LogP contribution >= 0.6 is 11.8 Å². The number of nitro benzene ring substituents is 1. The number of rotatable bonds is 6. The van der Waals surface area contributed by atoms with Crippen molar-refractivity contribution in [2.24, 2.45) is 0 Å². The number of carbonyl (C=O) groups is 1. The van der Waals surface area contributed by atoms with Crippen LogP contribution in [0.25, 0.3) is 5.69 Å². The molecule has 138 valence electrons. The van der Waals surface area contributed by atoms with Crippen molar-refractivity contribution < 1.29 is 9.72 Å². The number of hydrogen-bond acceptors (Lipinski definition) is 7. The summed E-state index contributed by atoms with van der Waals surface area (Å²) in [6.45, 7) is 3.17. The molecule has 3 rings (SSSR count). The molecule has 0 aliphatic carbocycles. The van der Waals surface area contributed by atoms with Crippen LogP contribution in [0.4, 0.5) is 11.4 Å². The van der Waals surface area contributed by atoms with Gasteiger partial charge in [0.15, 0.2) is 0 Å². The molecule has 1 aromatic heterocycles. The van der Waals surface area contributed by atoms with E-state index >= 15 is 0 Å². The topological polar surface area (TPSA) is 116 Å². The first-order valence-corrected chi connectivity index (χ1v) is 8.96. The average Bonchev–Trinajstić information content (AvgIpc) is 3.09. The summed E-state index contributed by atoms with van der Waals surface area (Å²) < 4.78 is 1.56. The lowest BCUT2D eigenvalue weighted by Crippen LogP contribution is -2.07. The molecule has 3 aromatic rings. The van der Waals surface area contributed by atoms with Crippen LogP contribution in [0.2, 0.25) is 0 Å². The van der Waals surface area contributed by atoms with Gasteiger partial charge >= 0.3 is 0 Å². The minimum atomic E-state index is -0.388. The Kier molecular flexibility index (Phi) is 5.46. The number of thioether (sulfide) groups is 1. The summed E-state index contributed by atoms with van der Waals surface area (Å²) in [4.78, 5) is 21.9. The first kappa shape index (κ1) is 18.5. The molecule has 1 heterocycles. The van der Waals surface area contributed by atoms with Gasteiger partial charge in [-0.2, -0.15) is 4.68 Å². The quantitative estimate of drug-likeness (QED) is 0.394. The van der Waals surface area contributed by atoms with Crippen LogP contribution in [0, 0.1) is 17.0 Å². The highest BCUT2D eigenvalue weighted by Crippen LogP contribution is 2.28. The number of amides is 1. The Morgan fingerprint density at radius 1 is 1.30 bits per heavy atom. The summed E-state index contributed by atoms with van der Waals surface area (Å²) >= 11 is 1.37. The van der Waals surface area contributed by atoms with Gasteiger partial charge in [0.05, 0.1) is 10.6 Å². The summed E-state index contributed by atoms with van der Waals surface area (Å²) in [6, 6.07) is 12.2. The summed E-state index contributed by atoms with van der Waals surface area (Å²) in [7, 11) is 0. The predicted octanol–water partition coefficient (Wildman–Crippen LogP) is 3.13. The second kappa shape index (κ2) is 7.96. The Morgan fingerprint density at radius 3 is 2.81 bits per heavy atom. The third-order valence-corrected chi connectivity index (χ3v) is 4.79. The third kappa shape index (κ3) is 4.29. The highest BCUT2D eigenvalue weighted by Gasteiger charge is 2.15. The van der Waals surface area contributed by atoms with Crippen molar-refractivity contribution >= 4 is 29.0 Å². The highest BCUT2D eigenvalue weighted by molar-refractivity contribution is 7.98. The van der Waals surface area contributed by atoms with Gasteiger partial charge in [0.1, 0.15) is 0 Å². The normalized spacial score (nSPS) is 10.6. The molecule has 0 aliphatic rings. The molecular weight excluding hydrogens is 368 g/mol. The third-order valence-electron chi connectivity index (χ3n) is 3.82. The van der Waals surface area contributed by atoms with Crippen LogP contribution in [0.1, 0.15) is 18.1 Å². The summed E-state index contributed by atoms with van der Waals surface area (Å²) in [5.74, 6) is 0.318. The fraction of sp³-hybridized carbons (Fsp3) is 0.176. The van der Waals surface area contributed by atoms with E-state index in [0.29, 0.717) is 27.8 Å². The van der Waals surface area contributed by atoms with Gasteiger partial charge in [-0.05, 0) is 41.1 Å². The minimum Gasteiger partial charge on any atom is -0.326 e. The van der Waals surface area contributed by atoms with E-state index in [2.05, 4.69) is 20.8 Å². The van der Waals surface area contributed by atoms with Crippen molar-refractivity contribution in [2.45, 2.75) is 24.8 Å². The highest BCUT2D eigenvalue weighted by atomic mass is 32.2. The monoisotopic (exact) mass is 384 g/mol. The van der Waals surface area contributed by atoms with Crippen molar-refractivity contribution in [3.8, 4) is 5.69 Å². The Hall–Kier alpha value is -3.27. The number of tetrazole rings is 1. The molecule has 1 N–H and O–H groups in total. The van der Waals surface area contributed by atoms with E-state index in [-0.39, 0.29) is 16.5 Å². The lowest BCUT2D eigenvalue weighted by atomic mass is 10.1. The van der Waals surface area contributed by atoms with Gasteiger partial charge in [0.2, 0.25) is 11.1 Å². The van der Waals surface area contributed by atoms with Crippen molar-refractivity contribution in [3.63, 3.8) is 0 Å². The molecule has 0 spiro atoms. The number of nitrogens with zero attached hydrogens (tertiary/aromatic N) is 5. The molecule has 0 saturated heterocycles. The maximum atomic E-state index is 11.2. The van der Waals surface area contributed by atoms with Gasteiger partial charge in [0, 0.05) is 30.0 Å². The average molecular weight is 384 g/mol. The predicted molar refractivity (Wildman–Crippen MR) is 101 cm³/mol. The van der Waals surface area contributed by atoms with Gasteiger partial charge in [-0.25, -0.2) is 0 Å². The molecule has 0 saturated carbocycles. The lowest BCUT2D eigenvalue weighted by molar-refractivity contribution is -0.385. The van der Waals surface area contributed by atoms with Crippen molar-refractivity contribution in [1.82, 2.24) is 20.2 Å². The molecule has 10 heteroatoms. The number of anilines is 1. The smallest absolute Gasteiger partial charge is 0.272 e. The van der Waals surface area contributed by atoms with Crippen molar-refractivity contribution in [3.05, 3.63) is 63.7 Å². The van der Waals surface area contributed by atoms with E-state index in [1.54, 1.807) is 35.9 Å². The fourth-order valence-corrected chi connectivity index (χ4v) is 3.47. The summed E-state index contributed by atoms with van der Waals surface area (Å²) in [5, 5.41) is 26.1. The first-order chi connectivity index (χ1) is 13.0. The van der Waals surface area contributed by atoms with E-state index in [1.807, 2.05) is 12.1 Å². The van der Waals surface area contributed by atoms with Crippen LogP contribution in [0.3, 0.4) is 0 Å². The van der Waals surface area contributed by atoms with Crippen LogP contribution < -0.4 is 5.32 Å². The van der Waals surface area contributed by atoms with Crippen LogP contribution in [-0.4, -0.2) is 31.0 Å². The van der Waals surface area contributed by atoms with E-state index in [0.717, 1.165) is 5.56 Å². The van der Waals surface area contributed by atoms with Gasteiger partial charge in [-0.3, -0.25) is 14.9 Å². The second-order valence-electron chi connectivity index (χ2n) is 5.71. The molecule has 9 nitrogen and oxygen atoms in total. The number of benzene rings is 2. The van der Waals surface area contributed by atoms with Crippen LogP contribution in [-0.2, 0) is 10.5 Å². The SMILES string of the molecule is CC(=O)Nc1cccc(-n2nnnc2SCc2cccc([N+](=O)[O-])c2C)c1. The molecule has 0 unspecified atom stereocenters. The molecule has 27 heavy (non-hydrogen) atoms. The zero-order chi connectivity index (χ0) is 19.4. The maximum Gasteiger partial charge on any atom is 0.272 e. The summed E-state index contributed by atoms with van der Waals surface area (Å²) in [5.41, 5.74) is 2.90. The molecule has 0 radical (unpaired) electrons. The molecule has 0 bridgehead atoms. The van der Waals surface area contributed by atoms with E-state index in [4.69, 9.17) is 0 Å². The van der Waals surface area contributed by atoms with E-state index in [1.165, 1.54) is 24.8 Å². The van der Waals surface area contributed by atoms with E-state index in [9.17, 15) is 14.9 Å². The van der Waals surface area contributed by atoms with Gasteiger partial charge in [-0.15, -0.1) is 5.10 Å². The zero-order valence-electron chi connectivity index (χ0n) is 14.6. The molecule has 2 aromatic carbocycles. The molecular formula is C17H16N6O3S. The lowest BCUT2D eigenvalue weighted by Gasteiger charge is -2.08. The molecule has 0 aliphatic heterocycles. The second-order valence-corrected chi connectivity index (χ2v) is 6.65. The molecule has 0 atom stereocenters. The summed E-state index contributed by atoms with van der Waals surface area (Å²) in [6.07, 6.45) is 0. The van der Waals surface area contributed by atoms with Gasteiger partial charge < -0.3 is 5.32 Å². The standard InChI is InChI=1S/C17H16N6O3S/c1-11-13(5-3-8-16(11)23(25)26)10-27-17-19-20-21-22(17)15-7-4-6-14(9-15)18-12(2)24/h3-9H,10H2,1-2H3,(H,18,24).